The molecule has 0 aliphatic carbocycles. The average molecular weight is 280 g/mol. The minimum absolute atomic E-state index is 0.132. The molecule has 0 atom stereocenters. The normalized spacial score (nSPS) is 10.7. The number of aromatic amines is 1. The van der Waals surface area contributed by atoms with E-state index in [4.69, 9.17) is 5.73 Å². The molecule has 0 saturated carbocycles. The van der Waals surface area contributed by atoms with Gasteiger partial charge < -0.3 is 11.1 Å². The topological polar surface area (TPSA) is 83.8 Å². The molecule has 4 N–H and O–H groups in total. The molecule has 21 heavy (non-hydrogen) atoms. The smallest absolute Gasteiger partial charge is 0.255 e. The van der Waals surface area contributed by atoms with E-state index in [1.807, 2.05) is 42.5 Å². The van der Waals surface area contributed by atoms with Gasteiger partial charge >= 0.3 is 0 Å². The van der Waals surface area contributed by atoms with E-state index in [-0.39, 0.29) is 5.91 Å². The van der Waals surface area contributed by atoms with Crippen LogP contribution in [0.4, 0.5) is 5.69 Å². The van der Waals surface area contributed by atoms with Crippen molar-refractivity contribution in [2.24, 2.45) is 5.73 Å². The second-order valence-electron chi connectivity index (χ2n) is 4.79. The van der Waals surface area contributed by atoms with Crippen LogP contribution in [0.2, 0.25) is 0 Å². The number of aromatic nitrogens is 2. The number of nitrogens with zero attached hydrogens (tertiary/aromatic N) is 1. The molecule has 0 unspecified atom stereocenters. The Balaban J connectivity index is 1.92. The van der Waals surface area contributed by atoms with E-state index in [2.05, 4.69) is 15.5 Å². The second kappa shape index (κ2) is 5.76. The highest BCUT2D eigenvalue weighted by Gasteiger charge is 2.12. The van der Waals surface area contributed by atoms with Crippen LogP contribution in [0, 0.1) is 0 Å². The molecule has 1 heterocycles. The van der Waals surface area contributed by atoms with Crippen molar-refractivity contribution >= 4 is 22.5 Å². The summed E-state index contributed by atoms with van der Waals surface area (Å²) in [6.45, 7) is 0.515. The Hall–Kier alpha value is -2.66. The molecule has 0 aliphatic heterocycles. The van der Waals surface area contributed by atoms with Crippen LogP contribution in [-0.4, -0.2) is 22.6 Å². The summed E-state index contributed by atoms with van der Waals surface area (Å²) < 4.78 is 0. The number of hydrogen-bond acceptors (Lipinski definition) is 3. The molecule has 0 fully saturated rings. The Bertz CT molecular complexity index is 779. The van der Waals surface area contributed by atoms with Crippen LogP contribution in [0.25, 0.3) is 10.9 Å². The number of nitrogens with one attached hydrogen (secondary N) is 2. The summed E-state index contributed by atoms with van der Waals surface area (Å²) in [6, 6.07) is 13.2. The molecule has 0 radical (unpaired) electrons. The Morgan fingerprint density at radius 1 is 1.19 bits per heavy atom. The molecule has 106 valence electrons. The number of amides is 1. The number of fused-ring (bicyclic) bond motifs is 1. The number of benzene rings is 2. The van der Waals surface area contributed by atoms with Crippen molar-refractivity contribution in [3.63, 3.8) is 0 Å². The van der Waals surface area contributed by atoms with Crippen molar-refractivity contribution in [2.45, 2.75) is 6.42 Å². The molecule has 0 aliphatic rings. The number of nitrogens with two attached hydrogens (primary N) is 1. The van der Waals surface area contributed by atoms with Crippen LogP contribution in [0.15, 0.2) is 48.7 Å². The first-order chi connectivity index (χ1) is 10.3. The Morgan fingerprint density at radius 3 is 2.90 bits per heavy atom. The van der Waals surface area contributed by atoms with Crippen molar-refractivity contribution in [3.05, 3.63) is 59.8 Å². The van der Waals surface area contributed by atoms with Crippen molar-refractivity contribution < 1.29 is 4.79 Å². The zero-order valence-electron chi connectivity index (χ0n) is 11.5. The number of H-pyrrole nitrogens is 1. The molecule has 5 heteroatoms. The Labute approximate surface area is 122 Å². The number of hydrogen-bond donors (Lipinski definition) is 3. The minimum atomic E-state index is -0.132. The van der Waals surface area contributed by atoms with Gasteiger partial charge in [-0.3, -0.25) is 9.89 Å². The summed E-state index contributed by atoms with van der Waals surface area (Å²) >= 11 is 0. The molecule has 0 spiro atoms. The molecular formula is C16H16N4O. The number of carbonyl (C=O) groups is 1. The van der Waals surface area contributed by atoms with Crippen molar-refractivity contribution in [1.29, 1.82) is 0 Å². The van der Waals surface area contributed by atoms with Crippen molar-refractivity contribution in [1.82, 2.24) is 10.2 Å². The molecule has 3 aromatic rings. The molecule has 2 aromatic carbocycles. The van der Waals surface area contributed by atoms with Crippen LogP contribution in [0.5, 0.6) is 0 Å². The van der Waals surface area contributed by atoms with Gasteiger partial charge in [0.1, 0.15) is 0 Å². The Kier molecular flexibility index (Phi) is 3.66. The number of anilines is 1. The molecule has 5 nitrogen and oxygen atoms in total. The van der Waals surface area contributed by atoms with Gasteiger partial charge in [0.15, 0.2) is 0 Å². The highest BCUT2D eigenvalue weighted by molar-refractivity contribution is 6.09. The van der Waals surface area contributed by atoms with E-state index in [1.165, 1.54) is 0 Å². The number of rotatable bonds is 4. The van der Waals surface area contributed by atoms with Gasteiger partial charge in [0.25, 0.3) is 5.91 Å². The van der Waals surface area contributed by atoms with Gasteiger partial charge in [-0.2, -0.15) is 5.10 Å². The third-order valence-corrected chi connectivity index (χ3v) is 3.41. The second-order valence-corrected chi connectivity index (χ2v) is 4.79. The maximum absolute atomic E-state index is 12.5. The molecule has 0 bridgehead atoms. The summed E-state index contributed by atoms with van der Waals surface area (Å²) in [5.74, 6) is -0.132. The predicted octanol–water partition coefficient (Wildman–Crippen LogP) is 2.32. The van der Waals surface area contributed by atoms with Crippen LogP contribution in [-0.2, 0) is 6.42 Å². The van der Waals surface area contributed by atoms with E-state index in [1.54, 1.807) is 6.20 Å². The minimum Gasteiger partial charge on any atom is -0.330 e. The van der Waals surface area contributed by atoms with Gasteiger partial charge in [-0.1, -0.05) is 24.3 Å². The third kappa shape index (κ3) is 2.64. The number of carbonyl (C=O) groups excluding carboxylic acids is 1. The van der Waals surface area contributed by atoms with Gasteiger partial charge in [0, 0.05) is 10.9 Å². The predicted molar refractivity (Wildman–Crippen MR) is 83.2 cm³/mol. The zero-order valence-corrected chi connectivity index (χ0v) is 11.5. The average Bonchev–Trinajstić information content (AvgIpc) is 2.98. The maximum Gasteiger partial charge on any atom is 0.255 e. The van der Waals surface area contributed by atoms with E-state index < -0.39 is 0 Å². The standard InChI is InChI=1S/C16H16N4O/c17-9-8-11-4-1-2-5-12(11)16(21)19-14-6-3-7-15-13(14)10-18-20-15/h1-7,10H,8-9,17H2,(H,18,20)(H,19,21). The van der Waals surface area contributed by atoms with Crippen molar-refractivity contribution in [2.75, 3.05) is 11.9 Å². The Morgan fingerprint density at radius 2 is 2.05 bits per heavy atom. The quantitative estimate of drug-likeness (QED) is 0.685. The van der Waals surface area contributed by atoms with E-state index in [0.29, 0.717) is 18.5 Å². The first-order valence-electron chi connectivity index (χ1n) is 6.81. The van der Waals surface area contributed by atoms with Crippen LogP contribution < -0.4 is 11.1 Å². The van der Waals surface area contributed by atoms with Crippen LogP contribution >= 0.6 is 0 Å². The monoisotopic (exact) mass is 280 g/mol. The van der Waals surface area contributed by atoms with Crippen molar-refractivity contribution in [3.8, 4) is 0 Å². The first kappa shape index (κ1) is 13.3. The summed E-state index contributed by atoms with van der Waals surface area (Å²) in [7, 11) is 0. The van der Waals surface area contributed by atoms with Gasteiger partial charge in [0.05, 0.1) is 17.4 Å². The van der Waals surface area contributed by atoms with Gasteiger partial charge in [-0.05, 0) is 36.7 Å². The molecule has 3 rings (SSSR count). The molecule has 0 saturated heterocycles. The molecular weight excluding hydrogens is 264 g/mol. The summed E-state index contributed by atoms with van der Waals surface area (Å²) in [4.78, 5) is 12.5. The third-order valence-electron chi connectivity index (χ3n) is 3.41. The summed E-state index contributed by atoms with van der Waals surface area (Å²) in [5, 5.41) is 10.7. The van der Waals surface area contributed by atoms with Crippen LogP contribution in [0.3, 0.4) is 0 Å². The zero-order chi connectivity index (χ0) is 14.7. The maximum atomic E-state index is 12.5. The van der Waals surface area contributed by atoms with Crippen LogP contribution in [0.1, 0.15) is 15.9 Å². The summed E-state index contributed by atoms with van der Waals surface area (Å²) in [5.41, 5.74) is 8.85. The highest BCUT2D eigenvalue weighted by atomic mass is 16.1. The van der Waals surface area contributed by atoms with E-state index in [0.717, 1.165) is 22.2 Å². The molecule has 1 aromatic heterocycles. The summed E-state index contributed by atoms with van der Waals surface area (Å²) in [6.07, 6.45) is 2.39. The van der Waals surface area contributed by atoms with E-state index >= 15 is 0 Å². The SMILES string of the molecule is NCCc1ccccc1C(=O)Nc1cccc2[nH]ncc12. The lowest BCUT2D eigenvalue weighted by atomic mass is 10.0. The first-order valence-corrected chi connectivity index (χ1v) is 6.81. The fraction of sp³-hybridized carbons (Fsp3) is 0.125. The van der Waals surface area contributed by atoms with E-state index in [9.17, 15) is 4.79 Å². The molecule has 1 amide bonds. The van der Waals surface area contributed by atoms with Gasteiger partial charge in [0.2, 0.25) is 0 Å². The van der Waals surface area contributed by atoms with Gasteiger partial charge in [-0.25, -0.2) is 0 Å². The lowest BCUT2D eigenvalue weighted by Crippen LogP contribution is -2.16. The van der Waals surface area contributed by atoms with Gasteiger partial charge in [-0.15, -0.1) is 0 Å². The lowest BCUT2D eigenvalue weighted by Gasteiger charge is -2.10. The fourth-order valence-electron chi connectivity index (χ4n) is 2.38. The fourth-order valence-corrected chi connectivity index (χ4v) is 2.38. The largest absolute Gasteiger partial charge is 0.330 e. The highest BCUT2D eigenvalue weighted by Crippen LogP contribution is 2.22. The lowest BCUT2D eigenvalue weighted by molar-refractivity contribution is 0.102.